The topological polar surface area (TPSA) is 81.5 Å². The van der Waals surface area contributed by atoms with Gasteiger partial charge >= 0.3 is 5.69 Å². The number of nitro groups is 1. The van der Waals surface area contributed by atoms with Gasteiger partial charge in [-0.05, 0) is 30.3 Å². The minimum absolute atomic E-state index is 0.0362. The Bertz CT molecular complexity index is 706. The SMILES string of the molecule is O=C(COc1ccc([N+](=O)[O-])c(F)c1)Nc1ccc(Br)cc1. The summed E-state index contributed by atoms with van der Waals surface area (Å²) in [6, 6.07) is 10.0. The number of amides is 1. The Labute approximate surface area is 133 Å². The molecule has 1 amide bonds. The Hall–Kier alpha value is -2.48. The van der Waals surface area contributed by atoms with E-state index in [0.717, 1.165) is 16.6 Å². The van der Waals surface area contributed by atoms with Crippen molar-refractivity contribution in [2.24, 2.45) is 0 Å². The number of anilines is 1. The van der Waals surface area contributed by atoms with Crippen LogP contribution in [0.3, 0.4) is 0 Å². The fraction of sp³-hybridized carbons (Fsp3) is 0.0714. The second kappa shape index (κ2) is 6.99. The molecule has 0 heterocycles. The zero-order chi connectivity index (χ0) is 16.1. The van der Waals surface area contributed by atoms with Gasteiger partial charge in [-0.25, -0.2) is 0 Å². The number of ether oxygens (including phenoxy) is 1. The quantitative estimate of drug-likeness (QED) is 0.646. The van der Waals surface area contributed by atoms with Gasteiger partial charge in [-0.15, -0.1) is 0 Å². The predicted molar refractivity (Wildman–Crippen MR) is 81.3 cm³/mol. The van der Waals surface area contributed by atoms with Gasteiger partial charge in [0.1, 0.15) is 5.75 Å². The van der Waals surface area contributed by atoms with E-state index < -0.39 is 22.3 Å². The van der Waals surface area contributed by atoms with E-state index in [9.17, 15) is 19.3 Å². The van der Waals surface area contributed by atoms with Crippen molar-refractivity contribution in [3.05, 3.63) is 62.9 Å². The standard InChI is InChI=1S/C14H10BrFN2O4/c15-9-1-3-10(4-2-9)17-14(19)8-22-11-5-6-13(18(20)21)12(16)7-11/h1-7H,8H2,(H,17,19). The minimum Gasteiger partial charge on any atom is -0.484 e. The highest BCUT2D eigenvalue weighted by Crippen LogP contribution is 2.22. The molecule has 6 nitrogen and oxygen atoms in total. The van der Waals surface area contributed by atoms with Gasteiger partial charge in [-0.3, -0.25) is 14.9 Å². The van der Waals surface area contributed by atoms with Gasteiger partial charge in [0.25, 0.3) is 5.91 Å². The summed E-state index contributed by atoms with van der Waals surface area (Å²) in [6.07, 6.45) is 0. The molecule has 0 spiro atoms. The molecule has 2 aromatic rings. The van der Waals surface area contributed by atoms with Gasteiger partial charge in [-0.1, -0.05) is 15.9 Å². The Morgan fingerprint density at radius 2 is 1.95 bits per heavy atom. The molecule has 0 saturated heterocycles. The number of hydrogen-bond acceptors (Lipinski definition) is 4. The number of rotatable bonds is 5. The molecule has 0 aliphatic carbocycles. The third-order valence-corrected chi connectivity index (χ3v) is 3.14. The fourth-order valence-electron chi connectivity index (χ4n) is 1.60. The van der Waals surface area contributed by atoms with Crippen molar-refractivity contribution >= 4 is 33.2 Å². The first-order chi connectivity index (χ1) is 10.5. The molecule has 0 aliphatic rings. The van der Waals surface area contributed by atoms with Crippen LogP contribution in [0.5, 0.6) is 5.75 Å². The highest BCUT2D eigenvalue weighted by atomic mass is 79.9. The van der Waals surface area contributed by atoms with E-state index in [4.69, 9.17) is 4.74 Å². The molecule has 0 unspecified atom stereocenters. The van der Waals surface area contributed by atoms with Crippen LogP contribution >= 0.6 is 15.9 Å². The number of hydrogen-bond donors (Lipinski definition) is 1. The molecule has 0 bridgehead atoms. The summed E-state index contributed by atoms with van der Waals surface area (Å²) >= 11 is 3.27. The van der Waals surface area contributed by atoms with Gasteiger partial charge < -0.3 is 10.1 Å². The largest absolute Gasteiger partial charge is 0.484 e. The van der Waals surface area contributed by atoms with Crippen LogP contribution in [0.2, 0.25) is 0 Å². The molecule has 114 valence electrons. The molecular weight excluding hydrogens is 359 g/mol. The number of nitrogens with one attached hydrogen (secondary N) is 1. The van der Waals surface area contributed by atoms with Crippen molar-refractivity contribution in [3.63, 3.8) is 0 Å². The molecule has 0 radical (unpaired) electrons. The fourth-order valence-corrected chi connectivity index (χ4v) is 1.87. The first-order valence-electron chi connectivity index (χ1n) is 6.08. The lowest BCUT2D eigenvalue weighted by Crippen LogP contribution is -2.20. The van der Waals surface area contributed by atoms with Crippen molar-refractivity contribution in [2.75, 3.05) is 11.9 Å². The zero-order valence-corrected chi connectivity index (χ0v) is 12.7. The smallest absolute Gasteiger partial charge is 0.305 e. The van der Waals surface area contributed by atoms with Crippen LogP contribution < -0.4 is 10.1 Å². The average molecular weight is 369 g/mol. The van der Waals surface area contributed by atoms with Crippen LogP contribution in [-0.4, -0.2) is 17.4 Å². The summed E-state index contributed by atoms with van der Waals surface area (Å²) in [5.74, 6) is -1.41. The van der Waals surface area contributed by atoms with Gasteiger partial charge in [0.2, 0.25) is 5.82 Å². The lowest BCUT2D eigenvalue weighted by atomic mass is 10.3. The van der Waals surface area contributed by atoms with E-state index in [-0.39, 0.29) is 12.4 Å². The van der Waals surface area contributed by atoms with Crippen LogP contribution in [-0.2, 0) is 4.79 Å². The molecule has 0 aliphatic heterocycles. The van der Waals surface area contributed by atoms with Crippen molar-refractivity contribution in [1.82, 2.24) is 0 Å². The maximum atomic E-state index is 13.4. The van der Waals surface area contributed by atoms with E-state index in [1.54, 1.807) is 24.3 Å². The van der Waals surface area contributed by atoms with Crippen molar-refractivity contribution in [3.8, 4) is 5.75 Å². The summed E-state index contributed by atoms with van der Waals surface area (Å²) in [6.45, 7) is -0.340. The first kappa shape index (κ1) is 15.9. The Kier molecular flexibility index (Phi) is 5.05. The second-order valence-corrected chi connectivity index (χ2v) is 5.13. The second-order valence-electron chi connectivity index (χ2n) is 4.21. The van der Waals surface area contributed by atoms with E-state index in [1.165, 1.54) is 6.07 Å². The van der Waals surface area contributed by atoms with Crippen LogP contribution in [0.15, 0.2) is 46.9 Å². The summed E-state index contributed by atoms with van der Waals surface area (Å²) in [5, 5.41) is 13.1. The van der Waals surface area contributed by atoms with Gasteiger partial charge in [-0.2, -0.15) is 4.39 Å². The summed E-state index contributed by atoms with van der Waals surface area (Å²) < 4.78 is 19.4. The molecule has 8 heteroatoms. The Morgan fingerprint density at radius 3 is 2.55 bits per heavy atom. The third kappa shape index (κ3) is 4.26. The van der Waals surface area contributed by atoms with E-state index in [1.807, 2.05) is 0 Å². The number of nitrogens with zero attached hydrogens (tertiary/aromatic N) is 1. The number of nitro benzene ring substituents is 1. The highest BCUT2D eigenvalue weighted by Gasteiger charge is 2.14. The monoisotopic (exact) mass is 368 g/mol. The predicted octanol–water partition coefficient (Wildman–Crippen LogP) is 3.51. The van der Waals surface area contributed by atoms with Gasteiger partial charge in [0.05, 0.1) is 4.92 Å². The van der Waals surface area contributed by atoms with Crippen LogP contribution in [0.1, 0.15) is 0 Å². The van der Waals surface area contributed by atoms with Gasteiger partial charge in [0, 0.05) is 22.3 Å². The van der Waals surface area contributed by atoms with Gasteiger partial charge in [0.15, 0.2) is 6.61 Å². The average Bonchev–Trinajstić information content (AvgIpc) is 2.47. The van der Waals surface area contributed by atoms with E-state index in [2.05, 4.69) is 21.2 Å². The maximum Gasteiger partial charge on any atom is 0.305 e. The molecule has 0 atom stereocenters. The van der Waals surface area contributed by atoms with Crippen molar-refractivity contribution in [1.29, 1.82) is 0 Å². The normalized spacial score (nSPS) is 10.1. The number of benzene rings is 2. The molecule has 0 fully saturated rings. The van der Waals surface area contributed by atoms with Crippen LogP contribution in [0.4, 0.5) is 15.8 Å². The summed E-state index contributed by atoms with van der Waals surface area (Å²) in [4.78, 5) is 21.3. The number of carbonyl (C=O) groups is 1. The highest BCUT2D eigenvalue weighted by molar-refractivity contribution is 9.10. The molecule has 2 rings (SSSR count). The summed E-state index contributed by atoms with van der Waals surface area (Å²) in [5.41, 5.74) is -0.0571. The third-order valence-electron chi connectivity index (χ3n) is 2.61. The minimum atomic E-state index is -1.02. The van der Waals surface area contributed by atoms with Crippen molar-refractivity contribution in [2.45, 2.75) is 0 Å². The Balaban J connectivity index is 1.92. The lowest BCUT2D eigenvalue weighted by molar-refractivity contribution is -0.387. The molecule has 0 aromatic heterocycles. The molecule has 1 N–H and O–H groups in total. The maximum absolute atomic E-state index is 13.4. The summed E-state index contributed by atoms with van der Waals surface area (Å²) in [7, 11) is 0. The molecular formula is C14H10BrFN2O4. The molecule has 2 aromatic carbocycles. The zero-order valence-electron chi connectivity index (χ0n) is 11.1. The Morgan fingerprint density at radius 1 is 1.27 bits per heavy atom. The van der Waals surface area contributed by atoms with E-state index >= 15 is 0 Å². The van der Waals surface area contributed by atoms with Crippen molar-refractivity contribution < 1.29 is 18.8 Å². The first-order valence-corrected chi connectivity index (χ1v) is 6.87. The van der Waals surface area contributed by atoms with Crippen LogP contribution in [0.25, 0.3) is 0 Å². The lowest BCUT2D eigenvalue weighted by Gasteiger charge is -2.07. The molecule has 0 saturated carbocycles. The molecule has 22 heavy (non-hydrogen) atoms. The number of carbonyl (C=O) groups excluding carboxylic acids is 1. The van der Waals surface area contributed by atoms with E-state index in [0.29, 0.717) is 5.69 Å². The van der Waals surface area contributed by atoms with Crippen LogP contribution in [0, 0.1) is 15.9 Å². The number of halogens is 2.